The van der Waals surface area contributed by atoms with E-state index in [4.69, 9.17) is 51.6 Å². The zero-order valence-electron chi connectivity index (χ0n) is 19.6. The predicted octanol–water partition coefficient (Wildman–Crippen LogP) is 3.11. The minimum Gasteiger partial charge on any atom is -0.464 e. The molecule has 5 rings (SSSR count). The molecular weight excluding hydrogens is 487 g/mol. The lowest BCUT2D eigenvalue weighted by Crippen LogP contribution is -2.66. The fourth-order valence-corrected chi connectivity index (χ4v) is 6.86. The molecule has 3 heterocycles. The van der Waals surface area contributed by atoms with Gasteiger partial charge in [-0.05, 0) is 39.0 Å². The number of esters is 2. The molecule has 4 fully saturated rings. The molecule has 2 aliphatic carbocycles. The first-order chi connectivity index (χ1) is 16.3. The summed E-state index contributed by atoms with van der Waals surface area (Å²) in [4.78, 5) is 24.7. The number of hydrogen-bond donors (Lipinski definition) is 0. The molecule has 0 N–H and O–H groups in total. The third kappa shape index (κ3) is 3.63. The number of rotatable bonds is 7. The standard InChI is InChI=1S/C24H32Cl2O8/c1-14-6-7-23(12-30-16(27)10-25)15(9-14)32-21-19(34-18-5-3-4-8-29-18)20(33-17(28)11-26)22(23,2)24(21)13-31-24/h9,15,18-21H,3-8,10-13H2,1-2H3/t15-,18?,19-,20-,21?,22-,23-,24?/m1/s1. The molecule has 10 heteroatoms. The highest BCUT2D eigenvalue weighted by Gasteiger charge is 2.86. The number of carbonyl (C=O) groups excluding carboxylic acids is 2. The van der Waals surface area contributed by atoms with Crippen LogP contribution in [-0.4, -0.2) is 79.8 Å². The molecule has 0 amide bonds. The third-order valence-electron chi connectivity index (χ3n) is 8.65. The molecule has 1 spiro atoms. The van der Waals surface area contributed by atoms with Gasteiger partial charge in [-0.15, -0.1) is 23.2 Å². The van der Waals surface area contributed by atoms with Crippen molar-refractivity contribution in [3.05, 3.63) is 11.6 Å². The van der Waals surface area contributed by atoms with Crippen LogP contribution in [0, 0.1) is 10.8 Å². The first kappa shape index (κ1) is 24.8. The first-order valence-electron chi connectivity index (χ1n) is 12.0. The van der Waals surface area contributed by atoms with E-state index in [0.29, 0.717) is 19.6 Å². The van der Waals surface area contributed by atoms with Crippen molar-refractivity contribution in [2.45, 2.75) is 82.3 Å². The van der Waals surface area contributed by atoms with Gasteiger partial charge in [-0.1, -0.05) is 18.6 Å². The predicted molar refractivity (Wildman–Crippen MR) is 122 cm³/mol. The Bertz CT molecular complexity index is 854. The molecule has 0 radical (unpaired) electrons. The summed E-state index contributed by atoms with van der Waals surface area (Å²) in [6, 6.07) is 0. The lowest BCUT2D eigenvalue weighted by Gasteiger charge is -2.58. The van der Waals surface area contributed by atoms with E-state index >= 15 is 0 Å². The zero-order valence-corrected chi connectivity index (χ0v) is 21.1. The molecular formula is C24H32Cl2O8. The molecule has 5 aliphatic rings. The molecule has 3 aliphatic heterocycles. The summed E-state index contributed by atoms with van der Waals surface area (Å²) in [7, 11) is 0. The number of epoxide rings is 1. The number of alkyl halides is 2. The van der Waals surface area contributed by atoms with Crippen LogP contribution in [-0.2, 0) is 38.0 Å². The summed E-state index contributed by atoms with van der Waals surface area (Å²) < 4.78 is 37.0. The fraction of sp³-hybridized carbons (Fsp3) is 0.833. The third-order valence-corrected chi connectivity index (χ3v) is 9.08. The molecule has 0 aromatic carbocycles. The van der Waals surface area contributed by atoms with Crippen LogP contribution in [0.1, 0.15) is 46.0 Å². The van der Waals surface area contributed by atoms with Gasteiger partial charge in [0.05, 0.1) is 18.1 Å². The number of fused-ring (bicyclic) bond motifs is 2. The Morgan fingerprint density at radius 3 is 2.62 bits per heavy atom. The topological polar surface area (TPSA) is 92.8 Å². The van der Waals surface area contributed by atoms with Crippen LogP contribution in [0.5, 0.6) is 0 Å². The van der Waals surface area contributed by atoms with Gasteiger partial charge in [-0.3, -0.25) is 9.59 Å². The van der Waals surface area contributed by atoms with E-state index in [1.807, 2.05) is 0 Å². The van der Waals surface area contributed by atoms with Crippen molar-refractivity contribution < 1.29 is 38.0 Å². The number of allylic oxidation sites excluding steroid dienone is 1. The van der Waals surface area contributed by atoms with Gasteiger partial charge in [0.25, 0.3) is 0 Å². The summed E-state index contributed by atoms with van der Waals surface area (Å²) in [5.74, 6) is -1.57. The van der Waals surface area contributed by atoms with Gasteiger partial charge in [-0.25, -0.2) is 0 Å². The number of ether oxygens (including phenoxy) is 6. The Balaban J connectivity index is 1.58. The quantitative estimate of drug-likeness (QED) is 0.219. The van der Waals surface area contributed by atoms with Gasteiger partial charge >= 0.3 is 11.9 Å². The summed E-state index contributed by atoms with van der Waals surface area (Å²) in [5.41, 5.74) is -1.00. The van der Waals surface area contributed by atoms with Crippen LogP contribution in [0.4, 0.5) is 0 Å². The molecule has 8 atom stereocenters. The second kappa shape index (κ2) is 9.20. The summed E-state index contributed by atoms with van der Waals surface area (Å²) in [6.45, 7) is 5.26. The normalized spacial score (nSPS) is 44.8. The maximum Gasteiger partial charge on any atom is 0.321 e. The van der Waals surface area contributed by atoms with E-state index in [9.17, 15) is 9.59 Å². The Hall–Kier alpha value is -0.900. The lowest BCUT2D eigenvalue weighted by molar-refractivity contribution is -0.239. The molecule has 34 heavy (non-hydrogen) atoms. The van der Waals surface area contributed by atoms with Gasteiger partial charge in [0, 0.05) is 12.0 Å². The summed E-state index contributed by atoms with van der Waals surface area (Å²) >= 11 is 11.6. The highest BCUT2D eigenvalue weighted by molar-refractivity contribution is 6.26. The van der Waals surface area contributed by atoms with Crippen molar-refractivity contribution >= 4 is 35.1 Å². The first-order valence-corrected chi connectivity index (χ1v) is 13.1. The largest absolute Gasteiger partial charge is 0.464 e. The van der Waals surface area contributed by atoms with Crippen molar-refractivity contribution in [1.82, 2.24) is 0 Å². The van der Waals surface area contributed by atoms with E-state index in [-0.39, 0.29) is 24.5 Å². The monoisotopic (exact) mass is 518 g/mol. The second-order valence-electron chi connectivity index (χ2n) is 10.3. The molecule has 2 bridgehead atoms. The van der Waals surface area contributed by atoms with Crippen LogP contribution in [0.3, 0.4) is 0 Å². The molecule has 0 aromatic heterocycles. The Morgan fingerprint density at radius 2 is 1.97 bits per heavy atom. The van der Waals surface area contributed by atoms with Crippen LogP contribution in [0.2, 0.25) is 0 Å². The van der Waals surface area contributed by atoms with Gasteiger partial charge in [-0.2, -0.15) is 0 Å². The molecule has 1 saturated carbocycles. The van der Waals surface area contributed by atoms with E-state index in [1.54, 1.807) is 0 Å². The smallest absolute Gasteiger partial charge is 0.321 e. The molecule has 3 unspecified atom stereocenters. The Morgan fingerprint density at radius 1 is 1.21 bits per heavy atom. The van der Waals surface area contributed by atoms with Crippen molar-refractivity contribution in [2.24, 2.45) is 10.8 Å². The van der Waals surface area contributed by atoms with E-state index < -0.39 is 53.0 Å². The Kier molecular flexibility index (Phi) is 6.70. The molecule has 8 nitrogen and oxygen atoms in total. The van der Waals surface area contributed by atoms with Crippen molar-refractivity contribution in [3.8, 4) is 0 Å². The van der Waals surface area contributed by atoms with Gasteiger partial charge in [0.1, 0.15) is 42.3 Å². The molecule has 3 saturated heterocycles. The highest BCUT2D eigenvalue weighted by atomic mass is 35.5. The fourth-order valence-electron chi connectivity index (χ4n) is 6.72. The van der Waals surface area contributed by atoms with E-state index in [2.05, 4.69) is 19.9 Å². The molecule has 190 valence electrons. The maximum absolute atomic E-state index is 12.6. The highest BCUT2D eigenvalue weighted by Crippen LogP contribution is 2.72. The summed E-state index contributed by atoms with van der Waals surface area (Å²) in [5, 5.41) is 0. The van der Waals surface area contributed by atoms with Crippen LogP contribution in [0.15, 0.2) is 11.6 Å². The van der Waals surface area contributed by atoms with Crippen LogP contribution >= 0.6 is 23.2 Å². The van der Waals surface area contributed by atoms with E-state index in [1.165, 1.54) is 5.57 Å². The number of hydrogen-bond acceptors (Lipinski definition) is 8. The number of halogens is 2. The van der Waals surface area contributed by atoms with Gasteiger partial charge < -0.3 is 28.4 Å². The number of carbonyl (C=O) groups is 2. The maximum atomic E-state index is 12.6. The van der Waals surface area contributed by atoms with Gasteiger partial charge in [0.15, 0.2) is 6.29 Å². The summed E-state index contributed by atoms with van der Waals surface area (Å²) in [6.07, 6.45) is 3.72. The second-order valence-corrected chi connectivity index (χ2v) is 10.8. The van der Waals surface area contributed by atoms with Gasteiger partial charge in [0.2, 0.25) is 0 Å². The average molecular weight is 519 g/mol. The SMILES string of the molecule is CC1=C[C@H]2OC3[C@H](OC4CCCCO4)[C@@H](OC(=O)CCl)[C@@](C)(C34CO4)[C@@]2(COC(=O)CCl)CC1. The lowest BCUT2D eigenvalue weighted by atomic mass is 9.51. The average Bonchev–Trinajstić information content (AvgIpc) is 3.63. The van der Waals surface area contributed by atoms with Crippen molar-refractivity contribution in [3.63, 3.8) is 0 Å². The zero-order chi connectivity index (χ0) is 24.1. The molecule has 0 aromatic rings. The van der Waals surface area contributed by atoms with Crippen molar-refractivity contribution in [2.75, 3.05) is 31.6 Å². The van der Waals surface area contributed by atoms with Crippen LogP contribution < -0.4 is 0 Å². The Labute approximate surface area is 209 Å². The van der Waals surface area contributed by atoms with E-state index in [0.717, 1.165) is 25.7 Å². The minimum atomic E-state index is -0.765. The van der Waals surface area contributed by atoms with Crippen molar-refractivity contribution in [1.29, 1.82) is 0 Å². The van der Waals surface area contributed by atoms with Crippen LogP contribution in [0.25, 0.3) is 0 Å². The minimum absolute atomic E-state index is 0.0723.